The van der Waals surface area contributed by atoms with Crippen LogP contribution in [0.5, 0.6) is 5.75 Å². The second kappa shape index (κ2) is 6.42. The SMILES string of the molecule is CCn1c(=O)c(C(=O)NC[C@H]2CCCO2)c(O)c2ccccc21. The Labute approximate surface area is 133 Å². The van der Waals surface area contributed by atoms with E-state index >= 15 is 0 Å². The smallest absolute Gasteiger partial charge is 0.267 e. The minimum atomic E-state index is -0.559. The Kier molecular flexibility index (Phi) is 4.34. The number of carbonyl (C=O) groups excluding carboxylic acids is 1. The lowest BCUT2D eigenvalue weighted by atomic mass is 10.1. The normalized spacial score (nSPS) is 17.5. The van der Waals surface area contributed by atoms with Crippen molar-refractivity contribution in [1.29, 1.82) is 0 Å². The third-order valence-corrected chi connectivity index (χ3v) is 4.20. The highest BCUT2D eigenvalue weighted by atomic mass is 16.5. The number of nitrogens with one attached hydrogen (secondary N) is 1. The molecule has 0 spiro atoms. The van der Waals surface area contributed by atoms with Gasteiger partial charge in [0.05, 0.1) is 11.6 Å². The average Bonchev–Trinajstić information content (AvgIpc) is 3.07. The Hall–Kier alpha value is -2.34. The van der Waals surface area contributed by atoms with E-state index in [2.05, 4.69) is 5.32 Å². The predicted octanol–water partition coefficient (Wildman–Crippen LogP) is 1.64. The average molecular weight is 316 g/mol. The fourth-order valence-corrected chi connectivity index (χ4v) is 3.01. The molecule has 6 heteroatoms. The van der Waals surface area contributed by atoms with Gasteiger partial charge in [-0.05, 0) is 31.9 Å². The molecule has 2 N–H and O–H groups in total. The molecule has 1 fully saturated rings. The number of nitrogens with zero attached hydrogens (tertiary/aromatic N) is 1. The van der Waals surface area contributed by atoms with E-state index in [9.17, 15) is 14.7 Å². The van der Waals surface area contributed by atoms with Crippen LogP contribution >= 0.6 is 0 Å². The fraction of sp³-hybridized carbons (Fsp3) is 0.412. The second-order valence-electron chi connectivity index (χ2n) is 5.64. The monoisotopic (exact) mass is 316 g/mol. The molecule has 3 rings (SSSR count). The van der Waals surface area contributed by atoms with E-state index in [4.69, 9.17) is 4.74 Å². The largest absolute Gasteiger partial charge is 0.506 e. The number of aryl methyl sites for hydroxylation is 1. The van der Waals surface area contributed by atoms with Crippen molar-refractivity contribution in [2.45, 2.75) is 32.4 Å². The van der Waals surface area contributed by atoms with Gasteiger partial charge in [0, 0.05) is 25.1 Å². The van der Waals surface area contributed by atoms with Crippen LogP contribution < -0.4 is 10.9 Å². The van der Waals surface area contributed by atoms with Gasteiger partial charge in [-0.1, -0.05) is 12.1 Å². The van der Waals surface area contributed by atoms with Gasteiger partial charge >= 0.3 is 0 Å². The Bertz CT molecular complexity index is 791. The summed E-state index contributed by atoms with van der Waals surface area (Å²) < 4.78 is 6.95. The molecule has 2 aromatic rings. The van der Waals surface area contributed by atoms with E-state index in [1.54, 1.807) is 24.3 Å². The van der Waals surface area contributed by atoms with Gasteiger partial charge in [-0.15, -0.1) is 0 Å². The summed E-state index contributed by atoms with van der Waals surface area (Å²) in [6.45, 7) is 3.30. The lowest BCUT2D eigenvalue weighted by Crippen LogP contribution is -2.36. The third kappa shape index (κ3) is 2.82. The molecule has 6 nitrogen and oxygen atoms in total. The van der Waals surface area contributed by atoms with Crippen molar-refractivity contribution in [2.75, 3.05) is 13.2 Å². The van der Waals surface area contributed by atoms with Crippen molar-refractivity contribution in [3.63, 3.8) is 0 Å². The molecule has 1 amide bonds. The summed E-state index contributed by atoms with van der Waals surface area (Å²) in [4.78, 5) is 25.0. The van der Waals surface area contributed by atoms with Gasteiger partial charge in [-0.3, -0.25) is 9.59 Å². The van der Waals surface area contributed by atoms with E-state index in [1.165, 1.54) is 4.57 Å². The summed E-state index contributed by atoms with van der Waals surface area (Å²) in [5.41, 5.74) is -0.0646. The number of carbonyl (C=O) groups is 1. The summed E-state index contributed by atoms with van der Waals surface area (Å²) in [7, 11) is 0. The number of ether oxygens (including phenoxy) is 1. The lowest BCUT2D eigenvalue weighted by molar-refractivity contribution is 0.0854. The number of hydrogen-bond donors (Lipinski definition) is 2. The lowest BCUT2D eigenvalue weighted by Gasteiger charge is -2.15. The Morgan fingerprint density at radius 1 is 1.43 bits per heavy atom. The van der Waals surface area contributed by atoms with Gasteiger partial charge in [0.1, 0.15) is 11.3 Å². The molecule has 0 unspecified atom stereocenters. The molecule has 0 radical (unpaired) electrons. The van der Waals surface area contributed by atoms with Gasteiger partial charge in [0.25, 0.3) is 11.5 Å². The van der Waals surface area contributed by atoms with Crippen LogP contribution in [0.1, 0.15) is 30.1 Å². The van der Waals surface area contributed by atoms with E-state index < -0.39 is 11.5 Å². The maximum atomic E-state index is 12.6. The first kappa shape index (κ1) is 15.6. The zero-order valence-corrected chi connectivity index (χ0v) is 13.0. The van der Waals surface area contributed by atoms with Crippen molar-refractivity contribution < 1.29 is 14.6 Å². The van der Waals surface area contributed by atoms with Crippen LogP contribution in [-0.4, -0.2) is 34.8 Å². The Morgan fingerprint density at radius 2 is 2.22 bits per heavy atom. The topological polar surface area (TPSA) is 80.6 Å². The van der Waals surface area contributed by atoms with Crippen molar-refractivity contribution in [3.05, 3.63) is 40.2 Å². The van der Waals surface area contributed by atoms with E-state index in [0.29, 0.717) is 30.6 Å². The minimum Gasteiger partial charge on any atom is -0.506 e. The Balaban J connectivity index is 1.99. The first-order valence-corrected chi connectivity index (χ1v) is 7.87. The highest BCUT2D eigenvalue weighted by molar-refractivity contribution is 6.02. The maximum absolute atomic E-state index is 12.6. The molecule has 1 saturated heterocycles. The summed E-state index contributed by atoms with van der Waals surface area (Å²) in [5, 5.41) is 13.6. The number of fused-ring (bicyclic) bond motifs is 1. The summed E-state index contributed by atoms with van der Waals surface area (Å²) in [5.74, 6) is -0.823. The van der Waals surface area contributed by atoms with Crippen LogP contribution in [0.4, 0.5) is 0 Å². The third-order valence-electron chi connectivity index (χ3n) is 4.20. The molecule has 0 saturated carbocycles. The standard InChI is InChI=1S/C17H20N2O4/c1-2-19-13-8-4-3-7-12(13)15(20)14(17(19)22)16(21)18-10-11-6-5-9-23-11/h3-4,7-8,11,20H,2,5-6,9-10H2,1H3,(H,18,21)/t11-/m1/s1. The van der Waals surface area contributed by atoms with Gasteiger partial charge in [-0.25, -0.2) is 0 Å². The molecule has 122 valence electrons. The number of amides is 1. The quantitative estimate of drug-likeness (QED) is 0.898. The van der Waals surface area contributed by atoms with Crippen molar-refractivity contribution >= 4 is 16.8 Å². The van der Waals surface area contributed by atoms with Crippen LogP contribution in [0.25, 0.3) is 10.9 Å². The number of benzene rings is 1. The van der Waals surface area contributed by atoms with Crippen LogP contribution in [0, 0.1) is 0 Å². The molecule has 1 aromatic heterocycles. The molecule has 1 aliphatic heterocycles. The molecule has 23 heavy (non-hydrogen) atoms. The predicted molar refractivity (Wildman–Crippen MR) is 86.9 cm³/mol. The first-order valence-electron chi connectivity index (χ1n) is 7.87. The van der Waals surface area contributed by atoms with Gasteiger partial charge in [-0.2, -0.15) is 0 Å². The molecular formula is C17H20N2O4. The minimum absolute atomic E-state index is 0.0186. The van der Waals surface area contributed by atoms with E-state index in [0.717, 1.165) is 12.8 Å². The molecule has 1 atom stereocenters. The van der Waals surface area contributed by atoms with Crippen molar-refractivity contribution in [1.82, 2.24) is 9.88 Å². The van der Waals surface area contributed by atoms with Gasteiger partial charge < -0.3 is 19.7 Å². The summed E-state index contributed by atoms with van der Waals surface area (Å²) >= 11 is 0. The highest BCUT2D eigenvalue weighted by Crippen LogP contribution is 2.26. The van der Waals surface area contributed by atoms with Crippen LogP contribution in [0.15, 0.2) is 29.1 Å². The van der Waals surface area contributed by atoms with Crippen LogP contribution in [-0.2, 0) is 11.3 Å². The van der Waals surface area contributed by atoms with Gasteiger partial charge in [0.15, 0.2) is 0 Å². The number of aromatic hydroxyl groups is 1. The molecular weight excluding hydrogens is 296 g/mol. The Morgan fingerprint density at radius 3 is 2.91 bits per heavy atom. The fourth-order valence-electron chi connectivity index (χ4n) is 3.01. The number of aromatic nitrogens is 1. The molecule has 0 aliphatic carbocycles. The zero-order valence-electron chi connectivity index (χ0n) is 13.0. The summed E-state index contributed by atoms with van der Waals surface area (Å²) in [6.07, 6.45) is 1.85. The van der Waals surface area contributed by atoms with Crippen LogP contribution in [0.3, 0.4) is 0 Å². The first-order chi connectivity index (χ1) is 11.1. The number of para-hydroxylation sites is 1. The summed E-state index contributed by atoms with van der Waals surface area (Å²) in [6, 6.07) is 7.02. The molecule has 0 bridgehead atoms. The van der Waals surface area contributed by atoms with E-state index in [-0.39, 0.29) is 17.4 Å². The molecule has 2 heterocycles. The second-order valence-corrected chi connectivity index (χ2v) is 5.64. The number of hydrogen-bond acceptors (Lipinski definition) is 4. The maximum Gasteiger partial charge on any atom is 0.267 e. The van der Waals surface area contributed by atoms with E-state index in [1.807, 2.05) is 6.92 Å². The van der Waals surface area contributed by atoms with Gasteiger partial charge in [0.2, 0.25) is 0 Å². The number of pyridine rings is 1. The zero-order chi connectivity index (χ0) is 16.4. The van der Waals surface area contributed by atoms with Crippen molar-refractivity contribution in [2.24, 2.45) is 0 Å². The number of rotatable bonds is 4. The molecule has 1 aliphatic rings. The highest BCUT2D eigenvalue weighted by Gasteiger charge is 2.23. The molecule has 1 aromatic carbocycles. The van der Waals surface area contributed by atoms with Crippen LogP contribution in [0.2, 0.25) is 0 Å². The van der Waals surface area contributed by atoms with Crippen molar-refractivity contribution in [3.8, 4) is 5.75 Å².